The van der Waals surface area contributed by atoms with Crippen LogP contribution in [0.2, 0.25) is 0 Å². The summed E-state index contributed by atoms with van der Waals surface area (Å²) in [6.07, 6.45) is 3.63. The minimum absolute atomic E-state index is 0.115. The van der Waals surface area contributed by atoms with Gasteiger partial charge in [0, 0.05) is 12.1 Å². The van der Waals surface area contributed by atoms with E-state index in [1.165, 1.54) is 0 Å². The van der Waals surface area contributed by atoms with Crippen LogP contribution >= 0.6 is 0 Å². The minimum Gasteiger partial charge on any atom is -0.334 e. The molecule has 1 amide bonds. The van der Waals surface area contributed by atoms with Gasteiger partial charge >= 0.3 is 0 Å². The van der Waals surface area contributed by atoms with Crippen LogP contribution in [0.3, 0.4) is 0 Å². The molecule has 0 saturated heterocycles. The molecular weight excluding hydrogens is 174 g/mol. The van der Waals surface area contributed by atoms with Crippen molar-refractivity contribution >= 4 is 5.91 Å². The molecule has 0 heterocycles. The summed E-state index contributed by atoms with van der Waals surface area (Å²) >= 11 is 0. The van der Waals surface area contributed by atoms with Gasteiger partial charge in [-0.05, 0) is 39.7 Å². The van der Waals surface area contributed by atoms with Crippen molar-refractivity contribution in [2.24, 2.45) is 5.92 Å². The Balaban J connectivity index is 4.46. The summed E-state index contributed by atoms with van der Waals surface area (Å²) in [5, 5.41) is 0. The average Bonchev–Trinajstić information content (AvgIpc) is 1.99. The standard InChI is InChI=1S/C12H23NO/c1-9(2)7-8-12(14)13(10(3)4)11(5)6/h7-11H,1-6H3/b8-7+. The first-order chi connectivity index (χ1) is 6.36. The molecule has 2 nitrogen and oxygen atoms in total. The van der Waals surface area contributed by atoms with E-state index in [0.717, 1.165) is 0 Å². The lowest BCUT2D eigenvalue weighted by Gasteiger charge is -2.29. The number of carbonyl (C=O) groups is 1. The highest BCUT2D eigenvalue weighted by Crippen LogP contribution is 2.06. The minimum atomic E-state index is 0.115. The second kappa shape index (κ2) is 5.84. The maximum atomic E-state index is 11.8. The van der Waals surface area contributed by atoms with E-state index >= 15 is 0 Å². The van der Waals surface area contributed by atoms with Crippen LogP contribution < -0.4 is 0 Å². The molecule has 0 N–H and O–H groups in total. The summed E-state index contributed by atoms with van der Waals surface area (Å²) in [4.78, 5) is 13.7. The first kappa shape index (κ1) is 13.2. The lowest BCUT2D eigenvalue weighted by molar-refractivity contribution is -0.129. The number of carbonyl (C=O) groups excluding carboxylic acids is 1. The molecule has 14 heavy (non-hydrogen) atoms. The van der Waals surface area contributed by atoms with Crippen LogP contribution in [-0.4, -0.2) is 22.9 Å². The third kappa shape index (κ3) is 4.45. The Morgan fingerprint density at radius 2 is 1.43 bits per heavy atom. The zero-order valence-electron chi connectivity index (χ0n) is 10.2. The molecule has 0 aliphatic heterocycles. The van der Waals surface area contributed by atoms with Gasteiger partial charge in [0.1, 0.15) is 0 Å². The Hall–Kier alpha value is -0.790. The van der Waals surface area contributed by atoms with Crippen molar-refractivity contribution in [3.63, 3.8) is 0 Å². The van der Waals surface area contributed by atoms with Gasteiger partial charge in [-0.3, -0.25) is 4.79 Å². The van der Waals surface area contributed by atoms with Crippen LogP contribution in [0.1, 0.15) is 41.5 Å². The molecule has 0 bridgehead atoms. The molecular formula is C12H23NO. The topological polar surface area (TPSA) is 20.3 Å². The van der Waals surface area contributed by atoms with Crippen LogP contribution in [0.25, 0.3) is 0 Å². The van der Waals surface area contributed by atoms with Crippen LogP contribution in [0.5, 0.6) is 0 Å². The quantitative estimate of drug-likeness (QED) is 0.635. The number of hydrogen-bond acceptors (Lipinski definition) is 1. The number of hydrogen-bond donors (Lipinski definition) is 0. The third-order valence-electron chi connectivity index (χ3n) is 1.99. The molecule has 0 spiro atoms. The van der Waals surface area contributed by atoms with Crippen LogP contribution in [0, 0.1) is 5.92 Å². The zero-order valence-corrected chi connectivity index (χ0v) is 10.2. The second-order valence-electron chi connectivity index (χ2n) is 4.54. The van der Waals surface area contributed by atoms with Crippen molar-refractivity contribution in [3.8, 4) is 0 Å². The highest BCUT2D eigenvalue weighted by molar-refractivity contribution is 5.88. The van der Waals surface area contributed by atoms with Gasteiger partial charge in [0.2, 0.25) is 5.91 Å². The normalized spacial score (nSPS) is 12.1. The molecule has 0 aromatic rings. The van der Waals surface area contributed by atoms with E-state index in [9.17, 15) is 4.79 Å². The fourth-order valence-electron chi connectivity index (χ4n) is 1.47. The SMILES string of the molecule is CC(C)/C=C/C(=O)N(C(C)C)C(C)C. The summed E-state index contributed by atoms with van der Waals surface area (Å²) in [5.74, 6) is 0.545. The first-order valence-corrected chi connectivity index (χ1v) is 5.36. The van der Waals surface area contributed by atoms with E-state index in [4.69, 9.17) is 0 Å². The fraction of sp³-hybridized carbons (Fsp3) is 0.750. The smallest absolute Gasteiger partial charge is 0.246 e. The van der Waals surface area contributed by atoms with Gasteiger partial charge in [-0.15, -0.1) is 0 Å². The number of amides is 1. The van der Waals surface area contributed by atoms with Gasteiger partial charge in [0.15, 0.2) is 0 Å². The summed E-state index contributed by atoms with van der Waals surface area (Å²) in [6, 6.07) is 0.527. The summed E-state index contributed by atoms with van der Waals surface area (Å²) in [6.45, 7) is 12.3. The molecule has 0 rings (SSSR count). The lowest BCUT2D eigenvalue weighted by atomic mass is 10.2. The van der Waals surface area contributed by atoms with E-state index in [2.05, 4.69) is 13.8 Å². The Labute approximate surface area is 88.0 Å². The van der Waals surface area contributed by atoms with Crippen molar-refractivity contribution in [1.82, 2.24) is 4.90 Å². The van der Waals surface area contributed by atoms with E-state index in [-0.39, 0.29) is 18.0 Å². The molecule has 0 radical (unpaired) electrons. The Morgan fingerprint density at radius 3 is 1.71 bits per heavy atom. The zero-order chi connectivity index (χ0) is 11.3. The van der Waals surface area contributed by atoms with Crippen molar-refractivity contribution in [2.45, 2.75) is 53.6 Å². The second-order valence-corrected chi connectivity index (χ2v) is 4.54. The Morgan fingerprint density at radius 1 is 1.00 bits per heavy atom. The molecule has 0 aliphatic rings. The summed E-state index contributed by atoms with van der Waals surface area (Å²) < 4.78 is 0. The molecule has 0 aromatic heterocycles. The number of allylic oxidation sites excluding steroid dienone is 1. The molecule has 2 heteroatoms. The predicted molar refractivity (Wildman–Crippen MR) is 61.1 cm³/mol. The largest absolute Gasteiger partial charge is 0.334 e. The molecule has 0 aromatic carbocycles. The van der Waals surface area contributed by atoms with Crippen LogP contribution in [-0.2, 0) is 4.79 Å². The van der Waals surface area contributed by atoms with Crippen molar-refractivity contribution in [2.75, 3.05) is 0 Å². The highest BCUT2D eigenvalue weighted by Gasteiger charge is 2.17. The number of rotatable bonds is 4. The van der Waals surface area contributed by atoms with Gasteiger partial charge in [-0.2, -0.15) is 0 Å². The van der Waals surface area contributed by atoms with Gasteiger partial charge in [-0.25, -0.2) is 0 Å². The maximum absolute atomic E-state index is 11.8. The van der Waals surface area contributed by atoms with Crippen LogP contribution in [0.4, 0.5) is 0 Å². The maximum Gasteiger partial charge on any atom is 0.246 e. The van der Waals surface area contributed by atoms with Gasteiger partial charge in [-0.1, -0.05) is 19.9 Å². The van der Waals surface area contributed by atoms with Crippen LogP contribution in [0.15, 0.2) is 12.2 Å². The van der Waals surface area contributed by atoms with Gasteiger partial charge in [0.25, 0.3) is 0 Å². The van der Waals surface area contributed by atoms with E-state index < -0.39 is 0 Å². The Kier molecular flexibility index (Phi) is 5.51. The molecule has 0 atom stereocenters. The molecule has 0 aliphatic carbocycles. The van der Waals surface area contributed by atoms with Crippen molar-refractivity contribution < 1.29 is 4.79 Å². The van der Waals surface area contributed by atoms with E-state index in [1.54, 1.807) is 6.08 Å². The molecule has 0 unspecified atom stereocenters. The van der Waals surface area contributed by atoms with Crippen molar-refractivity contribution in [1.29, 1.82) is 0 Å². The third-order valence-corrected chi connectivity index (χ3v) is 1.99. The van der Waals surface area contributed by atoms with Gasteiger partial charge in [0.05, 0.1) is 0 Å². The fourth-order valence-corrected chi connectivity index (χ4v) is 1.47. The van der Waals surface area contributed by atoms with E-state index in [1.807, 2.05) is 38.7 Å². The average molecular weight is 197 g/mol. The lowest BCUT2D eigenvalue weighted by Crippen LogP contribution is -2.41. The monoisotopic (exact) mass is 197 g/mol. The molecule has 0 saturated carbocycles. The first-order valence-electron chi connectivity index (χ1n) is 5.36. The summed E-state index contributed by atoms with van der Waals surface area (Å²) in [5.41, 5.74) is 0. The van der Waals surface area contributed by atoms with Gasteiger partial charge < -0.3 is 4.90 Å². The predicted octanol–water partition coefficient (Wildman–Crippen LogP) is 2.84. The molecule has 82 valence electrons. The summed E-state index contributed by atoms with van der Waals surface area (Å²) in [7, 11) is 0. The number of nitrogens with zero attached hydrogens (tertiary/aromatic N) is 1. The molecule has 0 fully saturated rings. The van der Waals surface area contributed by atoms with E-state index in [0.29, 0.717) is 5.92 Å². The Bertz CT molecular complexity index is 196. The highest BCUT2D eigenvalue weighted by atomic mass is 16.2. The van der Waals surface area contributed by atoms with Crippen molar-refractivity contribution in [3.05, 3.63) is 12.2 Å².